The van der Waals surface area contributed by atoms with E-state index in [0.29, 0.717) is 39.9 Å². The molecule has 0 saturated heterocycles. The number of fused-ring (bicyclic) bond motifs is 2. The first-order valence-corrected chi connectivity index (χ1v) is 8.90. The second-order valence-electron chi connectivity index (χ2n) is 6.19. The largest absolute Gasteiger partial charge is 0.493 e. The first-order chi connectivity index (χ1) is 14.6. The fourth-order valence-corrected chi connectivity index (χ4v) is 3.54. The highest BCUT2D eigenvalue weighted by molar-refractivity contribution is 5.90. The van der Waals surface area contributed by atoms with Crippen LogP contribution < -0.4 is 38.6 Å². The van der Waals surface area contributed by atoms with Crippen LogP contribution in [0.3, 0.4) is 0 Å². The van der Waals surface area contributed by atoms with E-state index in [1.165, 1.54) is 41.6 Å². The van der Waals surface area contributed by atoms with E-state index >= 15 is 0 Å². The molecule has 2 aromatic carbocycles. The van der Waals surface area contributed by atoms with E-state index in [9.17, 15) is 4.79 Å². The van der Waals surface area contributed by atoms with Crippen LogP contribution in [0.1, 0.15) is 0 Å². The third-order valence-electron chi connectivity index (χ3n) is 4.78. The van der Waals surface area contributed by atoms with Crippen molar-refractivity contribution in [3.63, 3.8) is 0 Å². The lowest BCUT2D eigenvalue weighted by Gasteiger charge is -2.18. The van der Waals surface area contributed by atoms with Gasteiger partial charge in [-0.05, 0) is 12.1 Å². The third kappa shape index (κ3) is 2.73. The van der Waals surface area contributed by atoms with Gasteiger partial charge in [-0.25, -0.2) is 0 Å². The van der Waals surface area contributed by atoms with Crippen LogP contribution >= 0.6 is 0 Å². The van der Waals surface area contributed by atoms with Crippen molar-refractivity contribution in [2.45, 2.75) is 0 Å². The average Bonchev–Trinajstić information content (AvgIpc) is 3.25. The van der Waals surface area contributed by atoms with E-state index in [4.69, 9.17) is 37.6 Å². The van der Waals surface area contributed by atoms with Gasteiger partial charge in [-0.3, -0.25) is 4.79 Å². The summed E-state index contributed by atoms with van der Waals surface area (Å²) < 4.78 is 44.4. The Morgan fingerprint density at radius 1 is 0.767 bits per heavy atom. The van der Waals surface area contributed by atoms with Crippen LogP contribution in [0.2, 0.25) is 0 Å². The van der Waals surface area contributed by atoms with E-state index in [1.54, 1.807) is 12.1 Å². The Hall–Kier alpha value is -3.75. The molecule has 0 amide bonds. The van der Waals surface area contributed by atoms with Crippen LogP contribution in [0.15, 0.2) is 27.4 Å². The normalized spacial score (nSPS) is 12.0. The maximum Gasteiger partial charge on any atom is 0.231 e. The summed E-state index contributed by atoms with van der Waals surface area (Å²) in [5.41, 5.74) is 0.327. The molecule has 9 heteroatoms. The highest BCUT2D eigenvalue weighted by atomic mass is 16.7. The zero-order chi connectivity index (χ0) is 21.4. The quantitative estimate of drug-likeness (QED) is 0.600. The van der Waals surface area contributed by atoms with Crippen molar-refractivity contribution in [2.24, 2.45) is 0 Å². The van der Waals surface area contributed by atoms with E-state index < -0.39 is 0 Å². The summed E-state index contributed by atoms with van der Waals surface area (Å²) in [7, 11) is 7.37. The second-order valence-corrected chi connectivity index (χ2v) is 6.19. The number of ether oxygens (including phenoxy) is 7. The molecule has 0 aliphatic carbocycles. The van der Waals surface area contributed by atoms with Gasteiger partial charge in [0.05, 0.1) is 35.5 Å². The number of methoxy groups -OCH3 is 5. The monoisotopic (exact) mass is 416 g/mol. The van der Waals surface area contributed by atoms with E-state index in [-0.39, 0.29) is 34.9 Å². The van der Waals surface area contributed by atoms with Gasteiger partial charge in [-0.2, -0.15) is 0 Å². The van der Waals surface area contributed by atoms with Crippen molar-refractivity contribution in [1.29, 1.82) is 0 Å². The molecule has 0 saturated carbocycles. The van der Waals surface area contributed by atoms with Crippen molar-refractivity contribution >= 4 is 11.0 Å². The number of benzene rings is 2. The first kappa shape index (κ1) is 19.6. The van der Waals surface area contributed by atoms with Gasteiger partial charge in [0.15, 0.2) is 28.4 Å². The molecular weight excluding hydrogens is 396 g/mol. The molecular formula is C21H20O9. The van der Waals surface area contributed by atoms with Crippen molar-refractivity contribution in [3.05, 3.63) is 28.4 Å². The van der Waals surface area contributed by atoms with Crippen LogP contribution in [0.5, 0.6) is 40.2 Å². The van der Waals surface area contributed by atoms with Gasteiger partial charge in [0.1, 0.15) is 22.3 Å². The fraction of sp³-hybridized carbons (Fsp3) is 0.286. The van der Waals surface area contributed by atoms with Gasteiger partial charge in [0.2, 0.25) is 24.0 Å². The molecule has 0 unspecified atom stereocenters. The lowest BCUT2D eigenvalue weighted by atomic mass is 10.1. The molecule has 1 aliphatic heterocycles. The molecule has 158 valence electrons. The molecule has 9 nitrogen and oxygen atoms in total. The van der Waals surface area contributed by atoms with E-state index in [0.717, 1.165) is 0 Å². The van der Waals surface area contributed by atoms with Gasteiger partial charge in [-0.15, -0.1) is 0 Å². The Labute approximate surface area is 171 Å². The molecule has 0 bridgehead atoms. The third-order valence-corrected chi connectivity index (χ3v) is 4.78. The van der Waals surface area contributed by atoms with Gasteiger partial charge >= 0.3 is 0 Å². The Morgan fingerprint density at radius 3 is 2.00 bits per heavy atom. The summed E-state index contributed by atoms with van der Waals surface area (Å²) >= 11 is 0. The molecule has 2 heterocycles. The summed E-state index contributed by atoms with van der Waals surface area (Å²) in [5, 5.41) is 0.256. The molecule has 0 spiro atoms. The van der Waals surface area contributed by atoms with Crippen molar-refractivity contribution in [2.75, 3.05) is 42.3 Å². The lowest BCUT2D eigenvalue weighted by molar-refractivity contribution is 0.168. The Bertz CT molecular complexity index is 1180. The first-order valence-electron chi connectivity index (χ1n) is 8.90. The molecule has 1 aliphatic rings. The molecule has 30 heavy (non-hydrogen) atoms. The molecule has 4 rings (SSSR count). The molecule has 0 N–H and O–H groups in total. The summed E-state index contributed by atoms with van der Waals surface area (Å²) in [6.45, 7) is -0.00662. The van der Waals surface area contributed by atoms with Crippen LogP contribution in [-0.2, 0) is 0 Å². The fourth-order valence-electron chi connectivity index (χ4n) is 3.54. The van der Waals surface area contributed by atoms with Gasteiger partial charge < -0.3 is 37.6 Å². The van der Waals surface area contributed by atoms with Crippen molar-refractivity contribution < 1.29 is 37.6 Å². The second kappa shape index (κ2) is 7.58. The summed E-state index contributed by atoms with van der Waals surface area (Å²) in [6, 6.07) is 4.61. The van der Waals surface area contributed by atoms with E-state index in [1.807, 2.05) is 0 Å². The van der Waals surface area contributed by atoms with Crippen molar-refractivity contribution in [1.82, 2.24) is 0 Å². The average molecular weight is 416 g/mol. The molecule has 0 atom stereocenters. The SMILES string of the molecule is COc1ccc2oc(-c3c(OC)c(OC)c4c(c3OC)OCO4)cc(=O)c2c1OC. The molecule has 3 aromatic rings. The summed E-state index contributed by atoms with van der Waals surface area (Å²) in [4.78, 5) is 13.0. The maximum atomic E-state index is 13.0. The standard InChI is InChI=1S/C21H20O9/c1-23-12-7-6-11-14(16(12)24-2)10(22)8-13(30-11)15-17(25-3)19(27-5)21-20(18(15)26-4)28-9-29-21/h6-8H,9H2,1-5H3. The molecule has 0 radical (unpaired) electrons. The van der Waals surface area contributed by atoms with E-state index in [2.05, 4.69) is 0 Å². The Morgan fingerprint density at radius 2 is 1.40 bits per heavy atom. The minimum absolute atomic E-state index is 0.00662. The number of hydrogen-bond acceptors (Lipinski definition) is 9. The smallest absolute Gasteiger partial charge is 0.231 e. The Kier molecular flexibility index (Phi) is 4.94. The van der Waals surface area contributed by atoms with Gasteiger partial charge in [-0.1, -0.05) is 0 Å². The predicted octanol–water partition coefficient (Wildman–Crippen LogP) is 3.23. The van der Waals surface area contributed by atoms with Crippen LogP contribution in [0, 0.1) is 0 Å². The zero-order valence-electron chi connectivity index (χ0n) is 17.1. The van der Waals surface area contributed by atoms with Crippen molar-refractivity contribution in [3.8, 4) is 51.6 Å². The maximum absolute atomic E-state index is 13.0. The highest BCUT2D eigenvalue weighted by Gasteiger charge is 2.34. The topological polar surface area (TPSA) is 94.8 Å². The van der Waals surface area contributed by atoms with Gasteiger partial charge in [0.25, 0.3) is 0 Å². The lowest BCUT2D eigenvalue weighted by Crippen LogP contribution is -2.05. The zero-order valence-corrected chi connectivity index (χ0v) is 17.1. The molecule has 0 fully saturated rings. The summed E-state index contributed by atoms with van der Waals surface area (Å²) in [5.74, 6) is 2.47. The number of hydrogen-bond donors (Lipinski definition) is 0. The summed E-state index contributed by atoms with van der Waals surface area (Å²) in [6.07, 6.45) is 0. The van der Waals surface area contributed by atoms with Crippen LogP contribution in [0.4, 0.5) is 0 Å². The molecule has 1 aromatic heterocycles. The van der Waals surface area contributed by atoms with Gasteiger partial charge in [0, 0.05) is 6.07 Å². The minimum atomic E-state index is -0.331. The minimum Gasteiger partial charge on any atom is -0.493 e. The van der Waals surface area contributed by atoms with Crippen LogP contribution in [-0.4, -0.2) is 42.3 Å². The highest BCUT2D eigenvalue weighted by Crippen LogP contribution is 2.58. The Balaban J connectivity index is 2.07. The predicted molar refractivity (Wildman–Crippen MR) is 107 cm³/mol. The number of rotatable bonds is 6. The van der Waals surface area contributed by atoms with Crippen LogP contribution in [0.25, 0.3) is 22.3 Å².